The van der Waals surface area contributed by atoms with Crippen LogP contribution in [0.15, 0.2) is 24.3 Å². The predicted octanol–water partition coefficient (Wildman–Crippen LogP) is 4.63. The van der Waals surface area contributed by atoms with Gasteiger partial charge in [-0.15, -0.1) is 0 Å². The number of ether oxygens (including phenoxy) is 1. The molecule has 0 bridgehead atoms. The molecule has 1 atom stereocenters. The number of rotatable bonds is 10. The minimum absolute atomic E-state index is 0.270. The van der Waals surface area contributed by atoms with Crippen molar-refractivity contribution in [3.63, 3.8) is 0 Å². The van der Waals surface area contributed by atoms with Crippen LogP contribution in [0.25, 0.3) is 0 Å². The normalized spacial score (nSPS) is 25.5. The van der Waals surface area contributed by atoms with E-state index in [1.165, 1.54) is 84.1 Å². The second-order valence-electron chi connectivity index (χ2n) is 11.7. The maximum absolute atomic E-state index is 12.8. The van der Waals surface area contributed by atoms with Gasteiger partial charge in [0.1, 0.15) is 5.75 Å². The third-order valence-electron chi connectivity index (χ3n) is 8.95. The fourth-order valence-electron chi connectivity index (χ4n) is 6.82. The first kappa shape index (κ1) is 26.0. The first-order valence-corrected chi connectivity index (χ1v) is 15.0. The van der Waals surface area contributed by atoms with Crippen molar-refractivity contribution in [3.8, 4) is 5.75 Å². The smallest absolute Gasteiger partial charge is 0.227 e. The van der Waals surface area contributed by atoms with Gasteiger partial charge in [0.2, 0.25) is 5.91 Å². The third kappa shape index (κ3) is 7.23. The summed E-state index contributed by atoms with van der Waals surface area (Å²) in [6.07, 6.45) is 13.9. The Morgan fingerprint density at radius 3 is 2.11 bits per heavy atom. The van der Waals surface area contributed by atoms with E-state index >= 15 is 0 Å². The summed E-state index contributed by atoms with van der Waals surface area (Å²) < 4.78 is 6.01. The summed E-state index contributed by atoms with van der Waals surface area (Å²) in [5.74, 6) is 2.11. The van der Waals surface area contributed by atoms with Crippen LogP contribution < -0.4 is 9.64 Å². The number of hydrogen-bond donors (Lipinski definition) is 0. The number of hydrogen-bond acceptors (Lipinski definition) is 5. The zero-order valence-corrected chi connectivity index (χ0v) is 22.4. The van der Waals surface area contributed by atoms with Gasteiger partial charge in [-0.25, -0.2) is 0 Å². The molecule has 5 rings (SSSR count). The van der Waals surface area contributed by atoms with Gasteiger partial charge < -0.3 is 19.4 Å². The van der Waals surface area contributed by atoms with Gasteiger partial charge in [0, 0.05) is 57.9 Å². The number of amides is 1. The van der Waals surface area contributed by atoms with Crippen LogP contribution >= 0.6 is 0 Å². The van der Waals surface area contributed by atoms with Crippen LogP contribution in [0.1, 0.15) is 70.6 Å². The highest BCUT2D eigenvalue weighted by Crippen LogP contribution is 2.29. The topological polar surface area (TPSA) is 39.3 Å². The number of piperazine rings is 1. The first-order chi connectivity index (χ1) is 17.7. The zero-order chi connectivity index (χ0) is 24.6. The van der Waals surface area contributed by atoms with Crippen LogP contribution in [-0.4, -0.2) is 92.2 Å². The van der Waals surface area contributed by atoms with Crippen molar-refractivity contribution in [2.75, 3.05) is 70.4 Å². The lowest BCUT2D eigenvalue weighted by molar-refractivity contribution is -0.117. The predicted molar refractivity (Wildman–Crippen MR) is 147 cm³/mol. The molecule has 0 spiro atoms. The number of benzene rings is 1. The lowest BCUT2D eigenvalue weighted by atomic mass is 9.89. The summed E-state index contributed by atoms with van der Waals surface area (Å²) >= 11 is 0. The molecule has 1 saturated carbocycles. The largest absolute Gasteiger partial charge is 0.494 e. The van der Waals surface area contributed by atoms with Gasteiger partial charge in [0.25, 0.3) is 0 Å². The highest BCUT2D eigenvalue weighted by atomic mass is 16.5. The molecule has 4 aliphatic rings. The molecular weight excluding hydrogens is 448 g/mol. The SMILES string of the molecule is O=C1CC[C@@H](CN2CCN(CC3CCCCC3)CC2)N1c1ccc(OCCCN2CCCCC2)cc1. The highest BCUT2D eigenvalue weighted by Gasteiger charge is 2.34. The van der Waals surface area contributed by atoms with Crippen molar-refractivity contribution >= 4 is 11.6 Å². The van der Waals surface area contributed by atoms with Crippen LogP contribution in [0.2, 0.25) is 0 Å². The third-order valence-corrected chi connectivity index (χ3v) is 8.95. The van der Waals surface area contributed by atoms with Crippen LogP contribution in [0.3, 0.4) is 0 Å². The van der Waals surface area contributed by atoms with Crippen molar-refractivity contribution in [2.24, 2.45) is 5.92 Å². The van der Waals surface area contributed by atoms with Gasteiger partial charge in [-0.2, -0.15) is 0 Å². The Balaban J connectivity index is 1.05. The molecule has 4 fully saturated rings. The molecule has 3 heterocycles. The van der Waals surface area contributed by atoms with E-state index in [4.69, 9.17) is 4.74 Å². The molecule has 0 radical (unpaired) electrons. The number of carbonyl (C=O) groups excluding carboxylic acids is 1. The molecule has 200 valence electrons. The Kier molecular flexibility index (Phi) is 9.57. The van der Waals surface area contributed by atoms with Gasteiger partial charge in [-0.05, 0) is 81.8 Å². The van der Waals surface area contributed by atoms with Crippen molar-refractivity contribution in [1.82, 2.24) is 14.7 Å². The fourth-order valence-corrected chi connectivity index (χ4v) is 6.82. The zero-order valence-electron chi connectivity index (χ0n) is 22.4. The van der Waals surface area contributed by atoms with E-state index in [0.717, 1.165) is 63.0 Å². The summed E-state index contributed by atoms with van der Waals surface area (Å²) in [6, 6.07) is 8.54. The average molecular weight is 497 g/mol. The first-order valence-electron chi connectivity index (χ1n) is 15.0. The minimum atomic E-state index is 0.270. The van der Waals surface area contributed by atoms with E-state index in [1.54, 1.807) is 0 Å². The Hall–Kier alpha value is -1.63. The summed E-state index contributed by atoms with van der Waals surface area (Å²) in [7, 11) is 0. The van der Waals surface area contributed by atoms with Crippen molar-refractivity contribution in [3.05, 3.63) is 24.3 Å². The average Bonchev–Trinajstić information content (AvgIpc) is 3.29. The number of anilines is 1. The standard InChI is InChI=1S/C30H48N4O2/c35-30-15-12-28(25-33-21-19-32(20-22-33)24-26-8-3-1-4-9-26)34(30)27-10-13-29(14-11-27)36-23-7-18-31-16-5-2-6-17-31/h10-11,13-14,26,28H,1-9,12,15-25H2/t28-/m0/s1. The van der Waals surface area contributed by atoms with Gasteiger partial charge in [0.15, 0.2) is 0 Å². The molecule has 1 aromatic carbocycles. The molecule has 3 saturated heterocycles. The van der Waals surface area contributed by atoms with E-state index in [1.807, 2.05) is 12.1 Å². The Bertz CT molecular complexity index is 796. The molecule has 0 aromatic heterocycles. The second kappa shape index (κ2) is 13.3. The summed E-state index contributed by atoms with van der Waals surface area (Å²) in [6.45, 7) is 11.3. The lowest BCUT2D eigenvalue weighted by Crippen LogP contribution is -2.51. The number of nitrogens with zero attached hydrogens (tertiary/aromatic N) is 4. The van der Waals surface area contributed by atoms with Crippen LogP contribution in [0.5, 0.6) is 5.75 Å². The quantitative estimate of drug-likeness (QED) is 0.442. The summed E-state index contributed by atoms with van der Waals surface area (Å²) in [5.41, 5.74) is 1.03. The molecule has 1 amide bonds. The second-order valence-corrected chi connectivity index (χ2v) is 11.7. The summed E-state index contributed by atoms with van der Waals surface area (Å²) in [5, 5.41) is 0. The van der Waals surface area contributed by atoms with Gasteiger partial charge in [-0.3, -0.25) is 9.69 Å². The van der Waals surface area contributed by atoms with Crippen molar-refractivity contribution < 1.29 is 9.53 Å². The van der Waals surface area contributed by atoms with Crippen LogP contribution in [0, 0.1) is 5.92 Å². The Morgan fingerprint density at radius 1 is 0.722 bits per heavy atom. The van der Waals surface area contributed by atoms with E-state index in [0.29, 0.717) is 12.5 Å². The molecule has 0 unspecified atom stereocenters. The van der Waals surface area contributed by atoms with Crippen LogP contribution in [-0.2, 0) is 4.79 Å². The van der Waals surface area contributed by atoms with Crippen LogP contribution in [0.4, 0.5) is 5.69 Å². The van der Waals surface area contributed by atoms with E-state index in [-0.39, 0.29) is 5.91 Å². The molecule has 3 aliphatic heterocycles. The highest BCUT2D eigenvalue weighted by molar-refractivity contribution is 5.96. The number of piperidine rings is 1. The Morgan fingerprint density at radius 2 is 1.39 bits per heavy atom. The molecule has 1 aliphatic carbocycles. The number of likely N-dealkylation sites (tertiary alicyclic amines) is 1. The van der Waals surface area contributed by atoms with Gasteiger partial charge >= 0.3 is 0 Å². The van der Waals surface area contributed by atoms with Gasteiger partial charge in [-0.1, -0.05) is 25.7 Å². The molecule has 6 nitrogen and oxygen atoms in total. The summed E-state index contributed by atoms with van der Waals surface area (Å²) in [4.78, 5) is 22.7. The van der Waals surface area contributed by atoms with Crippen molar-refractivity contribution in [1.29, 1.82) is 0 Å². The molecule has 0 N–H and O–H groups in total. The molecule has 36 heavy (non-hydrogen) atoms. The maximum Gasteiger partial charge on any atom is 0.227 e. The van der Waals surface area contributed by atoms with Gasteiger partial charge in [0.05, 0.1) is 12.6 Å². The Labute approximate surface area is 218 Å². The number of carbonyl (C=O) groups is 1. The maximum atomic E-state index is 12.8. The molecule has 1 aromatic rings. The van der Waals surface area contributed by atoms with E-state index in [2.05, 4.69) is 31.7 Å². The van der Waals surface area contributed by atoms with Crippen molar-refractivity contribution in [2.45, 2.75) is 76.7 Å². The van der Waals surface area contributed by atoms with E-state index in [9.17, 15) is 4.79 Å². The minimum Gasteiger partial charge on any atom is -0.494 e. The molecule has 6 heteroatoms. The lowest BCUT2D eigenvalue weighted by Gasteiger charge is -2.39. The van der Waals surface area contributed by atoms with E-state index < -0.39 is 0 Å². The fraction of sp³-hybridized carbons (Fsp3) is 0.767. The molecular formula is C30H48N4O2. The monoisotopic (exact) mass is 496 g/mol.